The molecule has 0 spiro atoms. The van der Waals surface area contributed by atoms with Crippen LogP contribution in [0.4, 0.5) is 0 Å². The van der Waals surface area contributed by atoms with E-state index in [2.05, 4.69) is 33.7 Å². The molecule has 4 heterocycles. The van der Waals surface area contributed by atoms with Gasteiger partial charge in [0.15, 0.2) is 5.76 Å². The normalized spacial score (nSPS) is 18.0. The van der Waals surface area contributed by atoms with E-state index in [9.17, 15) is 4.79 Å². The van der Waals surface area contributed by atoms with Crippen LogP contribution >= 0.6 is 11.5 Å². The Morgan fingerprint density at radius 3 is 2.80 bits per heavy atom. The molecular weight excluding hydrogens is 400 g/mol. The van der Waals surface area contributed by atoms with Crippen LogP contribution in [0.1, 0.15) is 54.0 Å². The van der Waals surface area contributed by atoms with Gasteiger partial charge < -0.3 is 9.42 Å². The maximum absolute atomic E-state index is 13.2. The zero-order valence-corrected chi connectivity index (χ0v) is 19.0. The Labute approximate surface area is 180 Å². The molecular formula is C21H28N6O2S. The summed E-state index contributed by atoms with van der Waals surface area (Å²) in [6, 6.07) is 1.91. The molecule has 1 aliphatic heterocycles. The lowest BCUT2D eigenvalue weighted by Crippen LogP contribution is -2.43. The largest absolute Gasteiger partial charge is 0.355 e. The number of rotatable bonds is 5. The summed E-state index contributed by atoms with van der Waals surface area (Å²) in [5.41, 5.74) is 5.09. The number of hydrogen-bond acceptors (Lipinski definition) is 7. The van der Waals surface area contributed by atoms with Gasteiger partial charge in [0.25, 0.3) is 0 Å². The lowest BCUT2D eigenvalue weighted by atomic mass is 9.92. The molecule has 0 radical (unpaired) electrons. The summed E-state index contributed by atoms with van der Waals surface area (Å²) in [5, 5.41) is 13.0. The molecule has 1 amide bonds. The van der Waals surface area contributed by atoms with Crippen LogP contribution in [0.15, 0.2) is 10.6 Å². The van der Waals surface area contributed by atoms with Gasteiger partial charge in [-0.05, 0) is 57.6 Å². The van der Waals surface area contributed by atoms with Crippen LogP contribution in [0.25, 0.3) is 10.6 Å². The van der Waals surface area contributed by atoms with Gasteiger partial charge in [0.2, 0.25) is 5.91 Å². The molecule has 0 aliphatic carbocycles. The molecule has 4 rings (SSSR count). The standard InChI is InChI=1S/C21H28N6O2S/c1-12(10-27-16(5)14(3)15(4)23-27)21(28)26-8-6-7-17(11-26)19-20(30-25-22-19)18-9-13(2)24-29-18/h9,12,17H,6-8,10-11H2,1-5H3/t12-,17-/m1/s1. The van der Waals surface area contributed by atoms with Gasteiger partial charge in [0.1, 0.15) is 4.88 Å². The van der Waals surface area contributed by atoms with Crippen molar-refractivity contribution in [2.75, 3.05) is 13.1 Å². The van der Waals surface area contributed by atoms with Crippen LogP contribution < -0.4 is 0 Å². The first-order valence-corrected chi connectivity index (χ1v) is 11.2. The van der Waals surface area contributed by atoms with Gasteiger partial charge in [-0.1, -0.05) is 16.6 Å². The van der Waals surface area contributed by atoms with E-state index in [0.717, 1.165) is 47.0 Å². The third-order valence-corrected chi connectivity index (χ3v) is 6.85. The number of carbonyl (C=O) groups is 1. The van der Waals surface area contributed by atoms with Crippen LogP contribution in [-0.4, -0.2) is 48.4 Å². The van der Waals surface area contributed by atoms with E-state index in [4.69, 9.17) is 4.52 Å². The van der Waals surface area contributed by atoms with Crippen molar-refractivity contribution in [3.63, 3.8) is 0 Å². The Balaban J connectivity index is 1.47. The second-order valence-corrected chi connectivity index (χ2v) is 9.08. The van der Waals surface area contributed by atoms with Gasteiger partial charge >= 0.3 is 0 Å². The van der Waals surface area contributed by atoms with E-state index < -0.39 is 0 Å². The van der Waals surface area contributed by atoms with E-state index in [0.29, 0.717) is 18.8 Å². The first kappa shape index (κ1) is 20.7. The average molecular weight is 429 g/mol. The number of hydrogen-bond donors (Lipinski definition) is 0. The number of carbonyl (C=O) groups excluding carboxylic acids is 1. The molecule has 30 heavy (non-hydrogen) atoms. The molecule has 9 heteroatoms. The SMILES string of the molecule is Cc1cc(-c2snnc2[C@@H]2CCCN(C(=O)[C@H](C)Cn3nc(C)c(C)c3C)C2)on1. The van der Waals surface area contributed by atoms with Crippen LogP contribution in [-0.2, 0) is 11.3 Å². The molecule has 2 atom stereocenters. The highest BCUT2D eigenvalue weighted by molar-refractivity contribution is 7.09. The third-order valence-electron chi connectivity index (χ3n) is 6.10. The minimum Gasteiger partial charge on any atom is -0.355 e. The highest BCUT2D eigenvalue weighted by Crippen LogP contribution is 2.35. The summed E-state index contributed by atoms with van der Waals surface area (Å²) >= 11 is 1.32. The van der Waals surface area contributed by atoms with Gasteiger partial charge in [0.05, 0.1) is 29.5 Å². The summed E-state index contributed by atoms with van der Waals surface area (Å²) in [4.78, 5) is 16.1. The highest BCUT2D eigenvalue weighted by Gasteiger charge is 2.31. The van der Waals surface area contributed by atoms with E-state index in [1.54, 1.807) is 0 Å². The van der Waals surface area contributed by atoms with Crippen molar-refractivity contribution in [1.29, 1.82) is 0 Å². The van der Waals surface area contributed by atoms with Crippen molar-refractivity contribution in [1.82, 2.24) is 29.4 Å². The zero-order valence-electron chi connectivity index (χ0n) is 18.2. The summed E-state index contributed by atoms with van der Waals surface area (Å²) in [5.74, 6) is 0.899. The molecule has 1 aliphatic rings. The lowest BCUT2D eigenvalue weighted by molar-refractivity contribution is -0.136. The molecule has 3 aromatic rings. The fourth-order valence-electron chi connectivity index (χ4n) is 4.12. The van der Waals surface area contributed by atoms with Gasteiger partial charge in [-0.2, -0.15) is 5.10 Å². The van der Waals surface area contributed by atoms with Crippen molar-refractivity contribution in [2.45, 2.75) is 59.9 Å². The number of piperidine rings is 1. The smallest absolute Gasteiger partial charge is 0.227 e. The molecule has 3 aromatic heterocycles. The topological polar surface area (TPSA) is 89.9 Å². The Kier molecular flexibility index (Phi) is 5.73. The number of aromatic nitrogens is 5. The molecule has 8 nitrogen and oxygen atoms in total. The zero-order chi connectivity index (χ0) is 21.4. The maximum atomic E-state index is 13.2. The summed E-state index contributed by atoms with van der Waals surface area (Å²) in [6.45, 7) is 12.1. The van der Waals surface area contributed by atoms with Crippen molar-refractivity contribution < 1.29 is 9.32 Å². The molecule has 0 bridgehead atoms. The third kappa shape index (κ3) is 3.90. The first-order chi connectivity index (χ1) is 14.3. The number of aryl methyl sites for hydroxylation is 2. The van der Waals surface area contributed by atoms with Crippen LogP contribution in [0.5, 0.6) is 0 Å². The molecule has 1 saturated heterocycles. The molecule has 0 unspecified atom stereocenters. The summed E-state index contributed by atoms with van der Waals surface area (Å²) in [6.07, 6.45) is 1.94. The fourth-order valence-corrected chi connectivity index (χ4v) is 4.82. The Bertz CT molecular complexity index is 1050. The molecule has 0 N–H and O–H groups in total. The lowest BCUT2D eigenvalue weighted by Gasteiger charge is -2.34. The van der Waals surface area contributed by atoms with E-state index in [1.165, 1.54) is 17.1 Å². The Hall–Kier alpha value is -2.55. The van der Waals surface area contributed by atoms with Crippen molar-refractivity contribution >= 4 is 17.4 Å². The quantitative estimate of drug-likeness (QED) is 0.616. The van der Waals surface area contributed by atoms with Gasteiger partial charge in [-0.15, -0.1) is 5.10 Å². The fraction of sp³-hybridized carbons (Fsp3) is 0.571. The highest BCUT2D eigenvalue weighted by atomic mass is 32.1. The monoisotopic (exact) mass is 428 g/mol. The van der Waals surface area contributed by atoms with Gasteiger partial charge in [-0.25, -0.2) is 0 Å². The average Bonchev–Trinajstić information content (AvgIpc) is 3.44. The summed E-state index contributed by atoms with van der Waals surface area (Å²) < 4.78 is 11.5. The Morgan fingerprint density at radius 1 is 1.33 bits per heavy atom. The van der Waals surface area contributed by atoms with Gasteiger partial charge in [-0.3, -0.25) is 9.48 Å². The minimum absolute atomic E-state index is 0.133. The number of amides is 1. The molecule has 1 fully saturated rings. The summed E-state index contributed by atoms with van der Waals surface area (Å²) in [7, 11) is 0. The second kappa shape index (κ2) is 8.29. The molecule has 0 saturated carbocycles. The number of nitrogens with zero attached hydrogens (tertiary/aromatic N) is 6. The molecule has 160 valence electrons. The predicted octanol–water partition coefficient (Wildman–Crippen LogP) is 3.67. The minimum atomic E-state index is -0.133. The van der Waals surface area contributed by atoms with Crippen molar-refractivity contribution in [3.05, 3.63) is 34.4 Å². The van der Waals surface area contributed by atoms with E-state index >= 15 is 0 Å². The first-order valence-electron chi connectivity index (χ1n) is 10.4. The van der Waals surface area contributed by atoms with Gasteiger partial charge in [0, 0.05) is 30.8 Å². The van der Waals surface area contributed by atoms with Crippen LogP contribution in [0.3, 0.4) is 0 Å². The van der Waals surface area contributed by atoms with Crippen LogP contribution in [0, 0.1) is 33.6 Å². The Morgan fingerprint density at radius 2 is 2.13 bits per heavy atom. The van der Waals surface area contributed by atoms with Crippen LogP contribution in [0.2, 0.25) is 0 Å². The maximum Gasteiger partial charge on any atom is 0.227 e. The second-order valence-electron chi connectivity index (χ2n) is 8.32. The molecule has 0 aromatic carbocycles. The van der Waals surface area contributed by atoms with Crippen molar-refractivity contribution in [2.24, 2.45) is 5.92 Å². The predicted molar refractivity (Wildman–Crippen MR) is 114 cm³/mol. The number of likely N-dealkylation sites (tertiary alicyclic amines) is 1. The van der Waals surface area contributed by atoms with E-state index in [-0.39, 0.29) is 17.7 Å². The van der Waals surface area contributed by atoms with Crippen molar-refractivity contribution in [3.8, 4) is 10.6 Å². The van der Waals surface area contributed by atoms with E-state index in [1.807, 2.05) is 36.4 Å².